The molecule has 2 rings (SSSR count). The molecule has 1 saturated carbocycles. The van der Waals surface area contributed by atoms with Crippen molar-refractivity contribution in [2.45, 2.75) is 50.2 Å². The zero-order valence-corrected chi connectivity index (χ0v) is 10.0. The van der Waals surface area contributed by atoms with Crippen LogP contribution < -0.4 is 5.32 Å². The van der Waals surface area contributed by atoms with E-state index >= 15 is 0 Å². The van der Waals surface area contributed by atoms with Crippen LogP contribution in [0.4, 0.5) is 0 Å². The van der Waals surface area contributed by atoms with Crippen molar-refractivity contribution in [3.8, 4) is 0 Å². The lowest BCUT2D eigenvalue weighted by Gasteiger charge is -2.28. The third-order valence-corrected chi connectivity index (χ3v) is 5.02. The minimum Gasteiger partial charge on any atom is -0.389 e. The van der Waals surface area contributed by atoms with Gasteiger partial charge in [0, 0.05) is 34.9 Å². The molecule has 1 aliphatic heterocycles. The Labute approximate surface area is 94.1 Å². The fourth-order valence-electron chi connectivity index (χ4n) is 2.54. The predicted molar refractivity (Wildman–Crippen MR) is 62.3 cm³/mol. The van der Waals surface area contributed by atoms with Crippen molar-refractivity contribution in [1.29, 1.82) is 0 Å². The minimum absolute atomic E-state index is 0.448. The first kappa shape index (κ1) is 11.6. The van der Waals surface area contributed by atoms with Crippen LogP contribution in [-0.2, 0) is 10.8 Å². The van der Waals surface area contributed by atoms with Gasteiger partial charge in [-0.25, -0.2) is 0 Å². The molecule has 2 fully saturated rings. The van der Waals surface area contributed by atoms with Crippen molar-refractivity contribution in [3.05, 3.63) is 0 Å². The molecule has 3 nitrogen and oxygen atoms in total. The Hall–Kier alpha value is 0.0700. The SMILES string of the molecule is O=S1CCC(NCC2(O)CCCC2)CC1. The van der Waals surface area contributed by atoms with E-state index in [1.54, 1.807) is 0 Å². The summed E-state index contributed by atoms with van der Waals surface area (Å²) in [6.07, 6.45) is 6.21. The van der Waals surface area contributed by atoms with Crippen LogP contribution in [0.3, 0.4) is 0 Å². The zero-order chi connectivity index (χ0) is 10.7. The van der Waals surface area contributed by atoms with Crippen LogP contribution in [0.15, 0.2) is 0 Å². The number of nitrogens with one attached hydrogen (secondary N) is 1. The topological polar surface area (TPSA) is 49.3 Å². The van der Waals surface area contributed by atoms with Crippen molar-refractivity contribution < 1.29 is 9.32 Å². The van der Waals surface area contributed by atoms with E-state index in [0.29, 0.717) is 6.04 Å². The Morgan fingerprint density at radius 1 is 1.27 bits per heavy atom. The van der Waals surface area contributed by atoms with Crippen LogP contribution in [0.5, 0.6) is 0 Å². The highest BCUT2D eigenvalue weighted by Gasteiger charge is 2.31. The van der Waals surface area contributed by atoms with Gasteiger partial charge in [0.1, 0.15) is 0 Å². The first-order valence-corrected chi connectivity index (χ1v) is 7.48. The fraction of sp³-hybridized carbons (Fsp3) is 1.00. The van der Waals surface area contributed by atoms with Gasteiger partial charge in [-0.3, -0.25) is 4.21 Å². The molecule has 4 heteroatoms. The highest BCUT2D eigenvalue weighted by molar-refractivity contribution is 7.85. The Bertz CT molecular complexity index is 229. The molecule has 0 aromatic rings. The largest absolute Gasteiger partial charge is 0.389 e. The van der Waals surface area contributed by atoms with Gasteiger partial charge in [-0.1, -0.05) is 12.8 Å². The van der Waals surface area contributed by atoms with Crippen molar-refractivity contribution >= 4 is 10.8 Å². The van der Waals surface area contributed by atoms with Crippen molar-refractivity contribution in [1.82, 2.24) is 5.32 Å². The number of hydrogen-bond acceptors (Lipinski definition) is 3. The second-order valence-electron chi connectivity index (χ2n) is 4.93. The molecule has 0 amide bonds. The average Bonchev–Trinajstić information content (AvgIpc) is 2.65. The molecule has 0 aromatic heterocycles. The fourth-order valence-corrected chi connectivity index (χ4v) is 3.84. The van der Waals surface area contributed by atoms with Gasteiger partial charge in [-0.05, 0) is 25.7 Å². The molecular weight excluding hydrogens is 210 g/mol. The summed E-state index contributed by atoms with van der Waals surface area (Å²) in [6.45, 7) is 0.726. The third-order valence-electron chi connectivity index (χ3n) is 3.64. The highest BCUT2D eigenvalue weighted by atomic mass is 32.2. The number of hydrogen-bond donors (Lipinski definition) is 2. The summed E-state index contributed by atoms with van der Waals surface area (Å²) in [4.78, 5) is 0. The monoisotopic (exact) mass is 231 g/mol. The van der Waals surface area contributed by atoms with Crippen molar-refractivity contribution in [2.24, 2.45) is 0 Å². The summed E-state index contributed by atoms with van der Waals surface area (Å²) in [5.74, 6) is 1.66. The van der Waals surface area contributed by atoms with Gasteiger partial charge in [0.2, 0.25) is 0 Å². The lowest BCUT2D eigenvalue weighted by atomic mass is 10.0. The van der Waals surface area contributed by atoms with E-state index in [-0.39, 0.29) is 0 Å². The summed E-state index contributed by atoms with van der Waals surface area (Å²) in [6, 6.07) is 0.479. The van der Waals surface area contributed by atoms with Crippen LogP contribution in [0.1, 0.15) is 38.5 Å². The Balaban J connectivity index is 1.71. The second-order valence-corrected chi connectivity index (χ2v) is 6.63. The Morgan fingerprint density at radius 2 is 1.87 bits per heavy atom. The van der Waals surface area contributed by atoms with Crippen LogP contribution in [0.25, 0.3) is 0 Å². The van der Waals surface area contributed by atoms with E-state index in [0.717, 1.165) is 56.6 Å². The Kier molecular flexibility index (Phi) is 3.80. The molecular formula is C11H21NO2S. The summed E-state index contributed by atoms with van der Waals surface area (Å²) in [7, 11) is -0.579. The van der Waals surface area contributed by atoms with Gasteiger partial charge < -0.3 is 10.4 Å². The maximum atomic E-state index is 11.2. The van der Waals surface area contributed by atoms with Gasteiger partial charge in [-0.2, -0.15) is 0 Å². The number of aliphatic hydroxyl groups is 1. The predicted octanol–water partition coefficient (Wildman–Crippen LogP) is 0.792. The molecule has 2 aliphatic rings. The molecule has 1 aliphatic carbocycles. The first-order chi connectivity index (χ1) is 7.18. The summed E-state index contributed by atoms with van der Waals surface area (Å²) in [5.41, 5.74) is -0.448. The Morgan fingerprint density at radius 3 is 2.47 bits per heavy atom. The van der Waals surface area contributed by atoms with Crippen LogP contribution >= 0.6 is 0 Å². The van der Waals surface area contributed by atoms with Gasteiger partial charge in [0.05, 0.1) is 5.60 Å². The molecule has 88 valence electrons. The third kappa shape index (κ3) is 3.26. The van der Waals surface area contributed by atoms with Crippen LogP contribution in [-0.4, -0.2) is 39.0 Å². The number of rotatable bonds is 3. The second kappa shape index (κ2) is 4.93. The van der Waals surface area contributed by atoms with Gasteiger partial charge >= 0.3 is 0 Å². The van der Waals surface area contributed by atoms with Crippen molar-refractivity contribution in [3.63, 3.8) is 0 Å². The highest BCUT2D eigenvalue weighted by Crippen LogP contribution is 2.28. The lowest BCUT2D eigenvalue weighted by Crippen LogP contribution is -2.45. The molecule has 2 N–H and O–H groups in total. The van der Waals surface area contributed by atoms with E-state index < -0.39 is 16.4 Å². The molecule has 0 radical (unpaired) electrons. The molecule has 1 saturated heterocycles. The normalized spacial score (nSPS) is 35.5. The van der Waals surface area contributed by atoms with E-state index in [9.17, 15) is 9.32 Å². The molecule has 0 bridgehead atoms. The van der Waals surface area contributed by atoms with Gasteiger partial charge in [0.25, 0.3) is 0 Å². The standard InChI is InChI=1S/C11H21NO2S/c13-11(5-1-2-6-11)9-12-10-3-7-15(14)8-4-10/h10,12-13H,1-9H2. The first-order valence-electron chi connectivity index (χ1n) is 5.99. The van der Waals surface area contributed by atoms with Crippen LogP contribution in [0.2, 0.25) is 0 Å². The molecule has 0 aromatic carbocycles. The van der Waals surface area contributed by atoms with Gasteiger partial charge in [0.15, 0.2) is 0 Å². The molecule has 0 atom stereocenters. The van der Waals surface area contributed by atoms with E-state index in [2.05, 4.69) is 5.32 Å². The smallest absolute Gasteiger partial charge is 0.0771 e. The van der Waals surface area contributed by atoms with E-state index in [1.807, 2.05) is 0 Å². The van der Waals surface area contributed by atoms with Crippen molar-refractivity contribution in [2.75, 3.05) is 18.1 Å². The van der Waals surface area contributed by atoms with Gasteiger partial charge in [-0.15, -0.1) is 0 Å². The molecule has 1 heterocycles. The maximum absolute atomic E-state index is 11.2. The summed E-state index contributed by atoms with van der Waals surface area (Å²) >= 11 is 0. The zero-order valence-electron chi connectivity index (χ0n) is 9.21. The quantitative estimate of drug-likeness (QED) is 0.755. The summed E-state index contributed by atoms with van der Waals surface area (Å²) in [5, 5.41) is 13.6. The lowest BCUT2D eigenvalue weighted by molar-refractivity contribution is 0.0445. The minimum atomic E-state index is -0.579. The maximum Gasteiger partial charge on any atom is 0.0771 e. The molecule has 15 heavy (non-hydrogen) atoms. The van der Waals surface area contributed by atoms with Crippen LogP contribution in [0, 0.1) is 0 Å². The summed E-state index contributed by atoms with van der Waals surface area (Å²) < 4.78 is 11.2. The molecule has 0 unspecified atom stereocenters. The van der Waals surface area contributed by atoms with E-state index in [4.69, 9.17) is 0 Å². The average molecular weight is 231 g/mol. The van der Waals surface area contributed by atoms with E-state index in [1.165, 1.54) is 0 Å². The molecule has 0 spiro atoms.